The molecule has 0 atom stereocenters. The van der Waals surface area contributed by atoms with Crippen LogP contribution in [-0.4, -0.2) is 7.28 Å². The molecular formula is C56H46BN2. The van der Waals surface area contributed by atoms with E-state index in [0.717, 1.165) is 11.4 Å². The molecule has 1 radical (unpaired) electrons. The third kappa shape index (κ3) is 6.87. The van der Waals surface area contributed by atoms with Crippen LogP contribution in [0, 0.1) is 13.8 Å². The maximum atomic E-state index is 3.89. The van der Waals surface area contributed by atoms with Crippen LogP contribution in [0.1, 0.15) is 37.5 Å². The van der Waals surface area contributed by atoms with Gasteiger partial charge in [0, 0.05) is 34.0 Å². The molecule has 283 valence electrons. The van der Waals surface area contributed by atoms with E-state index in [1.54, 1.807) is 0 Å². The van der Waals surface area contributed by atoms with Gasteiger partial charge in [0.05, 0.1) is 0 Å². The number of anilines is 5. The third-order valence-corrected chi connectivity index (χ3v) is 12.0. The number of nitrogens with one attached hydrogen (secondary N) is 1. The van der Waals surface area contributed by atoms with Gasteiger partial charge in [0.15, 0.2) is 7.28 Å². The number of hydrogen-bond donors (Lipinski definition) is 1. The Hall–Kier alpha value is -6.84. The maximum Gasteiger partial charge on any atom is 0.197 e. The molecule has 2 nitrogen and oxygen atoms in total. The van der Waals surface area contributed by atoms with Crippen molar-refractivity contribution in [3.63, 3.8) is 0 Å². The van der Waals surface area contributed by atoms with Gasteiger partial charge in [-0.2, -0.15) is 0 Å². The molecule has 0 aliphatic carbocycles. The number of rotatable bonds is 6. The minimum atomic E-state index is 0.126. The lowest BCUT2D eigenvalue weighted by atomic mass is 9.57. The predicted octanol–water partition coefficient (Wildman–Crippen LogP) is 14.1. The molecular weight excluding hydrogens is 711 g/mol. The highest BCUT2D eigenvalue weighted by Gasteiger charge is 2.30. The standard InChI is InChI=1S/C56H46BN2/c1-36-29-49(48-31-41-15-9-11-17-43(41)33-51(48)58-47-27-23-40(24-28-47)39-21-25-46(26-22-39)56(3,4)5)55-54(30-36)59(53-35-44-18-12-10-16-42(44)32-50(53)57-55)52-34-45(20-19-37(52)2)38-13-7-6-8-14-38/h6-35,58H,1-5H3. The monoisotopic (exact) mass is 757 g/mol. The van der Waals surface area contributed by atoms with Crippen LogP contribution in [0.2, 0.25) is 0 Å². The topological polar surface area (TPSA) is 15.3 Å². The Morgan fingerprint density at radius 3 is 1.71 bits per heavy atom. The Kier molecular flexibility index (Phi) is 8.98. The SMILES string of the molecule is Cc1cc(-c2cc3ccccc3cc2Nc2ccc(-c3ccc(C(C)(C)C)cc3)cc2)c2c(c1)N(c1cc(-c3ccccc3)ccc1C)c1cc3ccccc3cc1[B]2. The Morgan fingerprint density at radius 1 is 0.458 bits per heavy atom. The molecule has 59 heavy (non-hydrogen) atoms. The van der Waals surface area contributed by atoms with E-state index in [1.165, 1.54) is 99.6 Å². The van der Waals surface area contributed by atoms with Gasteiger partial charge < -0.3 is 10.2 Å². The van der Waals surface area contributed by atoms with E-state index in [1.807, 2.05) is 0 Å². The quantitative estimate of drug-likeness (QED) is 0.170. The second-order valence-corrected chi connectivity index (χ2v) is 17.1. The molecule has 1 N–H and O–H groups in total. The maximum absolute atomic E-state index is 3.89. The molecule has 0 saturated carbocycles. The summed E-state index contributed by atoms with van der Waals surface area (Å²) in [4.78, 5) is 2.51. The van der Waals surface area contributed by atoms with Gasteiger partial charge in [0.25, 0.3) is 0 Å². The lowest BCUT2D eigenvalue weighted by Gasteiger charge is -2.36. The Bertz CT molecular complexity index is 3030. The highest BCUT2D eigenvalue weighted by molar-refractivity contribution is 6.73. The lowest BCUT2D eigenvalue weighted by Crippen LogP contribution is -2.41. The molecule has 1 aliphatic heterocycles. The summed E-state index contributed by atoms with van der Waals surface area (Å²) in [6, 6.07) is 67.0. The zero-order valence-corrected chi connectivity index (χ0v) is 34.3. The molecule has 9 aromatic rings. The van der Waals surface area contributed by atoms with Gasteiger partial charge in [-0.1, -0.05) is 166 Å². The van der Waals surface area contributed by atoms with Crippen molar-refractivity contribution in [3.8, 4) is 33.4 Å². The van der Waals surface area contributed by atoms with Gasteiger partial charge in [-0.15, -0.1) is 0 Å². The van der Waals surface area contributed by atoms with Crippen molar-refractivity contribution in [2.45, 2.75) is 40.0 Å². The molecule has 1 heterocycles. The minimum Gasteiger partial charge on any atom is -0.355 e. The second kappa shape index (κ2) is 14.5. The fourth-order valence-electron chi connectivity index (χ4n) is 8.73. The van der Waals surface area contributed by atoms with Gasteiger partial charge >= 0.3 is 0 Å². The second-order valence-electron chi connectivity index (χ2n) is 17.1. The molecule has 3 heteroatoms. The van der Waals surface area contributed by atoms with Crippen LogP contribution in [0.25, 0.3) is 54.9 Å². The first-order chi connectivity index (χ1) is 28.7. The average molecular weight is 758 g/mol. The number of hydrogen-bond acceptors (Lipinski definition) is 2. The van der Waals surface area contributed by atoms with Gasteiger partial charge in [-0.05, 0) is 133 Å². The first-order valence-electron chi connectivity index (χ1n) is 20.7. The number of aryl methyl sites for hydroxylation is 2. The van der Waals surface area contributed by atoms with Crippen LogP contribution in [0.15, 0.2) is 182 Å². The van der Waals surface area contributed by atoms with E-state index < -0.39 is 0 Å². The molecule has 0 spiro atoms. The van der Waals surface area contributed by atoms with E-state index in [2.05, 4.69) is 234 Å². The first kappa shape index (κ1) is 36.5. The molecule has 0 aromatic heterocycles. The summed E-state index contributed by atoms with van der Waals surface area (Å²) in [6.07, 6.45) is 0. The highest BCUT2D eigenvalue weighted by Crippen LogP contribution is 2.43. The Morgan fingerprint density at radius 2 is 1.03 bits per heavy atom. The molecule has 0 bridgehead atoms. The summed E-state index contributed by atoms with van der Waals surface area (Å²) in [6.45, 7) is 11.2. The van der Waals surface area contributed by atoms with E-state index >= 15 is 0 Å². The minimum absolute atomic E-state index is 0.126. The van der Waals surface area contributed by atoms with Gasteiger partial charge in [-0.3, -0.25) is 0 Å². The molecule has 0 amide bonds. The molecule has 1 aliphatic rings. The predicted molar refractivity (Wildman–Crippen MR) is 255 cm³/mol. The molecule has 0 fully saturated rings. The van der Waals surface area contributed by atoms with E-state index in [4.69, 9.17) is 0 Å². The van der Waals surface area contributed by atoms with Gasteiger partial charge in [-0.25, -0.2) is 0 Å². The van der Waals surface area contributed by atoms with Gasteiger partial charge in [0.2, 0.25) is 0 Å². The van der Waals surface area contributed by atoms with Crippen molar-refractivity contribution >= 4 is 68.2 Å². The number of nitrogens with zero attached hydrogens (tertiary/aromatic N) is 1. The summed E-state index contributed by atoms with van der Waals surface area (Å²) in [5.41, 5.74) is 19.2. The van der Waals surface area contributed by atoms with Crippen molar-refractivity contribution in [2.75, 3.05) is 10.2 Å². The Balaban J connectivity index is 1.13. The van der Waals surface area contributed by atoms with E-state index in [-0.39, 0.29) is 5.41 Å². The summed E-state index contributed by atoms with van der Waals surface area (Å²) >= 11 is 0. The third-order valence-electron chi connectivity index (χ3n) is 12.0. The van der Waals surface area contributed by atoms with Crippen molar-refractivity contribution in [3.05, 3.63) is 199 Å². The van der Waals surface area contributed by atoms with Crippen LogP contribution < -0.4 is 21.1 Å². The molecule has 9 aromatic carbocycles. The normalized spacial score (nSPS) is 12.3. The zero-order chi connectivity index (χ0) is 40.3. The van der Waals surface area contributed by atoms with Crippen LogP contribution in [0.3, 0.4) is 0 Å². The van der Waals surface area contributed by atoms with E-state index in [0.29, 0.717) is 0 Å². The summed E-state index contributed by atoms with van der Waals surface area (Å²) in [5.74, 6) is 0. The number of fused-ring (bicyclic) bond motifs is 4. The summed E-state index contributed by atoms with van der Waals surface area (Å²) in [5, 5.41) is 8.76. The fraction of sp³-hybridized carbons (Fsp3) is 0.107. The van der Waals surface area contributed by atoms with Crippen LogP contribution >= 0.6 is 0 Å². The Labute approximate surface area is 349 Å². The van der Waals surface area contributed by atoms with Gasteiger partial charge in [0.1, 0.15) is 0 Å². The van der Waals surface area contributed by atoms with Crippen LogP contribution in [-0.2, 0) is 5.41 Å². The molecule has 10 rings (SSSR count). The average Bonchev–Trinajstić information content (AvgIpc) is 3.25. The summed E-state index contributed by atoms with van der Waals surface area (Å²) < 4.78 is 0. The van der Waals surface area contributed by atoms with Crippen molar-refractivity contribution in [2.24, 2.45) is 0 Å². The van der Waals surface area contributed by atoms with E-state index in [9.17, 15) is 0 Å². The van der Waals surface area contributed by atoms with Crippen LogP contribution in [0.4, 0.5) is 28.4 Å². The summed E-state index contributed by atoms with van der Waals surface area (Å²) in [7, 11) is 2.41. The highest BCUT2D eigenvalue weighted by atomic mass is 15.2. The first-order valence-corrected chi connectivity index (χ1v) is 20.7. The zero-order valence-electron chi connectivity index (χ0n) is 34.3. The van der Waals surface area contributed by atoms with Crippen molar-refractivity contribution in [1.82, 2.24) is 0 Å². The molecule has 0 saturated heterocycles. The largest absolute Gasteiger partial charge is 0.355 e. The van der Waals surface area contributed by atoms with Crippen LogP contribution in [0.5, 0.6) is 0 Å². The lowest BCUT2D eigenvalue weighted by molar-refractivity contribution is 0.590. The fourth-order valence-corrected chi connectivity index (χ4v) is 8.73. The van der Waals surface area contributed by atoms with Crippen molar-refractivity contribution in [1.29, 1.82) is 0 Å². The number of benzene rings is 9. The van der Waals surface area contributed by atoms with Crippen molar-refractivity contribution < 1.29 is 0 Å². The smallest absolute Gasteiger partial charge is 0.197 e. The molecule has 0 unspecified atom stereocenters.